The maximum atomic E-state index is 12.4. The molecule has 0 radical (unpaired) electrons. The molecule has 1 N–H and O–H groups in total. The standard InChI is InChI=1S/C16H30N2O/c1-13(15(2,3)4)11-14(19)18-10-7-16(12-18)5-8-17-9-6-16/h13,17H,5-12H2,1-4H3. The Kier molecular flexibility index (Phi) is 4.24. The SMILES string of the molecule is CC(CC(=O)N1CCC2(CCNCC2)C1)C(C)(C)C. The summed E-state index contributed by atoms with van der Waals surface area (Å²) in [5.74, 6) is 0.822. The Labute approximate surface area is 118 Å². The Bertz CT molecular complexity index is 326. The maximum Gasteiger partial charge on any atom is 0.222 e. The van der Waals surface area contributed by atoms with Crippen LogP contribution in [0.4, 0.5) is 0 Å². The predicted octanol–water partition coefficient (Wildman–Crippen LogP) is 2.66. The van der Waals surface area contributed by atoms with Gasteiger partial charge in [-0.15, -0.1) is 0 Å². The molecule has 0 aromatic carbocycles. The molecule has 0 saturated carbocycles. The molecule has 19 heavy (non-hydrogen) atoms. The van der Waals surface area contributed by atoms with Gasteiger partial charge < -0.3 is 10.2 Å². The van der Waals surface area contributed by atoms with Crippen molar-refractivity contribution in [2.24, 2.45) is 16.7 Å². The number of amides is 1. The molecule has 0 aromatic heterocycles. The van der Waals surface area contributed by atoms with Crippen molar-refractivity contribution in [1.82, 2.24) is 10.2 Å². The summed E-state index contributed by atoms with van der Waals surface area (Å²) in [4.78, 5) is 14.6. The Hall–Kier alpha value is -0.570. The third-order valence-electron chi connectivity index (χ3n) is 5.41. The largest absolute Gasteiger partial charge is 0.342 e. The highest BCUT2D eigenvalue weighted by Crippen LogP contribution is 2.39. The molecule has 1 atom stereocenters. The first-order valence-electron chi connectivity index (χ1n) is 7.81. The minimum absolute atomic E-state index is 0.224. The van der Waals surface area contributed by atoms with Gasteiger partial charge in [0.2, 0.25) is 5.91 Å². The quantitative estimate of drug-likeness (QED) is 0.833. The van der Waals surface area contributed by atoms with E-state index in [0.717, 1.165) is 26.2 Å². The van der Waals surface area contributed by atoms with Gasteiger partial charge in [0.15, 0.2) is 0 Å². The highest BCUT2D eigenvalue weighted by molar-refractivity contribution is 5.76. The van der Waals surface area contributed by atoms with Crippen LogP contribution in [0.2, 0.25) is 0 Å². The number of hydrogen-bond acceptors (Lipinski definition) is 2. The molecule has 0 aromatic rings. The molecule has 1 spiro atoms. The van der Waals surface area contributed by atoms with E-state index in [1.807, 2.05) is 0 Å². The Morgan fingerprint density at radius 3 is 2.47 bits per heavy atom. The third kappa shape index (κ3) is 3.50. The zero-order valence-electron chi connectivity index (χ0n) is 13.1. The summed E-state index contributed by atoms with van der Waals surface area (Å²) in [6, 6.07) is 0. The van der Waals surface area contributed by atoms with Gasteiger partial charge in [-0.25, -0.2) is 0 Å². The van der Waals surface area contributed by atoms with Gasteiger partial charge >= 0.3 is 0 Å². The molecule has 2 heterocycles. The van der Waals surface area contributed by atoms with Crippen LogP contribution < -0.4 is 5.32 Å². The van der Waals surface area contributed by atoms with Crippen molar-refractivity contribution in [3.63, 3.8) is 0 Å². The number of likely N-dealkylation sites (tertiary alicyclic amines) is 1. The first-order chi connectivity index (χ1) is 8.82. The summed E-state index contributed by atoms with van der Waals surface area (Å²) in [7, 11) is 0. The highest BCUT2D eigenvalue weighted by atomic mass is 16.2. The molecule has 2 saturated heterocycles. The lowest BCUT2D eigenvalue weighted by Gasteiger charge is -2.34. The van der Waals surface area contributed by atoms with Gasteiger partial charge in [-0.3, -0.25) is 4.79 Å². The molecule has 2 aliphatic rings. The van der Waals surface area contributed by atoms with Crippen molar-refractivity contribution in [2.45, 2.75) is 53.4 Å². The van der Waals surface area contributed by atoms with Crippen molar-refractivity contribution in [1.29, 1.82) is 0 Å². The Balaban J connectivity index is 1.88. The molecule has 2 aliphatic heterocycles. The molecule has 2 rings (SSSR count). The summed E-state index contributed by atoms with van der Waals surface area (Å²) in [5.41, 5.74) is 0.660. The number of carbonyl (C=O) groups excluding carboxylic acids is 1. The second kappa shape index (κ2) is 5.43. The third-order valence-corrected chi connectivity index (χ3v) is 5.41. The maximum absolute atomic E-state index is 12.4. The van der Waals surface area contributed by atoms with Gasteiger partial charge in [-0.2, -0.15) is 0 Å². The lowest BCUT2D eigenvalue weighted by atomic mass is 9.78. The summed E-state index contributed by atoms with van der Waals surface area (Å²) in [6.45, 7) is 13.1. The van der Waals surface area contributed by atoms with Crippen LogP contribution in [0.1, 0.15) is 53.4 Å². The van der Waals surface area contributed by atoms with Gasteiger partial charge in [-0.05, 0) is 49.1 Å². The lowest BCUT2D eigenvalue weighted by molar-refractivity contribution is -0.132. The summed E-state index contributed by atoms with van der Waals surface area (Å²) < 4.78 is 0. The summed E-state index contributed by atoms with van der Waals surface area (Å²) >= 11 is 0. The average molecular weight is 266 g/mol. The number of carbonyl (C=O) groups is 1. The average Bonchev–Trinajstić information content (AvgIpc) is 2.73. The zero-order valence-corrected chi connectivity index (χ0v) is 13.1. The number of rotatable bonds is 2. The fraction of sp³-hybridized carbons (Fsp3) is 0.938. The summed E-state index contributed by atoms with van der Waals surface area (Å²) in [5, 5.41) is 3.43. The molecular formula is C16H30N2O. The van der Waals surface area contributed by atoms with Crippen LogP contribution in [0.25, 0.3) is 0 Å². The second-order valence-corrected chi connectivity index (χ2v) is 7.79. The van der Waals surface area contributed by atoms with Gasteiger partial charge in [0.1, 0.15) is 0 Å². The van der Waals surface area contributed by atoms with E-state index >= 15 is 0 Å². The van der Waals surface area contributed by atoms with Crippen molar-refractivity contribution in [2.75, 3.05) is 26.2 Å². The van der Waals surface area contributed by atoms with E-state index in [1.54, 1.807) is 0 Å². The van der Waals surface area contributed by atoms with Crippen LogP contribution in [0.3, 0.4) is 0 Å². The minimum Gasteiger partial charge on any atom is -0.342 e. The highest BCUT2D eigenvalue weighted by Gasteiger charge is 2.40. The molecular weight excluding hydrogens is 236 g/mol. The van der Waals surface area contributed by atoms with E-state index in [4.69, 9.17) is 0 Å². The first-order valence-corrected chi connectivity index (χ1v) is 7.81. The molecule has 0 aliphatic carbocycles. The number of nitrogens with one attached hydrogen (secondary N) is 1. The summed E-state index contributed by atoms with van der Waals surface area (Å²) in [6.07, 6.45) is 4.40. The fourth-order valence-electron chi connectivity index (χ4n) is 3.21. The predicted molar refractivity (Wildman–Crippen MR) is 79.0 cm³/mol. The van der Waals surface area contributed by atoms with E-state index < -0.39 is 0 Å². The Morgan fingerprint density at radius 1 is 1.26 bits per heavy atom. The van der Waals surface area contributed by atoms with Crippen LogP contribution in [0.15, 0.2) is 0 Å². The van der Waals surface area contributed by atoms with Gasteiger partial charge in [0.05, 0.1) is 0 Å². The van der Waals surface area contributed by atoms with Crippen molar-refractivity contribution in [3.8, 4) is 0 Å². The van der Waals surface area contributed by atoms with Crippen LogP contribution in [-0.2, 0) is 4.79 Å². The number of hydrogen-bond donors (Lipinski definition) is 1. The van der Waals surface area contributed by atoms with Gasteiger partial charge in [-0.1, -0.05) is 27.7 Å². The molecule has 2 fully saturated rings. The van der Waals surface area contributed by atoms with E-state index in [1.165, 1.54) is 19.3 Å². The topological polar surface area (TPSA) is 32.3 Å². The zero-order chi connectivity index (χ0) is 14.1. The smallest absolute Gasteiger partial charge is 0.222 e. The molecule has 1 amide bonds. The lowest BCUT2D eigenvalue weighted by Crippen LogP contribution is -2.40. The Morgan fingerprint density at radius 2 is 1.89 bits per heavy atom. The van der Waals surface area contributed by atoms with Gasteiger partial charge in [0, 0.05) is 19.5 Å². The second-order valence-electron chi connectivity index (χ2n) is 7.79. The number of piperidine rings is 1. The fourth-order valence-corrected chi connectivity index (χ4v) is 3.21. The van der Waals surface area contributed by atoms with Crippen molar-refractivity contribution in [3.05, 3.63) is 0 Å². The first kappa shape index (κ1) is 14.8. The van der Waals surface area contributed by atoms with Crippen molar-refractivity contribution < 1.29 is 4.79 Å². The molecule has 3 heteroatoms. The number of nitrogens with zero attached hydrogens (tertiary/aromatic N) is 1. The van der Waals surface area contributed by atoms with Crippen molar-refractivity contribution >= 4 is 5.91 Å². The monoisotopic (exact) mass is 266 g/mol. The molecule has 1 unspecified atom stereocenters. The molecule has 0 bridgehead atoms. The van der Waals surface area contributed by atoms with E-state index in [-0.39, 0.29) is 5.41 Å². The normalized spacial score (nSPS) is 24.7. The molecule has 110 valence electrons. The van der Waals surface area contributed by atoms with Crippen LogP contribution >= 0.6 is 0 Å². The minimum atomic E-state index is 0.224. The van der Waals surface area contributed by atoms with E-state index in [0.29, 0.717) is 23.7 Å². The van der Waals surface area contributed by atoms with Gasteiger partial charge in [0.25, 0.3) is 0 Å². The van der Waals surface area contributed by atoms with E-state index in [2.05, 4.69) is 37.9 Å². The van der Waals surface area contributed by atoms with E-state index in [9.17, 15) is 4.79 Å². The molecule has 3 nitrogen and oxygen atoms in total. The van der Waals surface area contributed by atoms with Crippen LogP contribution in [0.5, 0.6) is 0 Å². The van der Waals surface area contributed by atoms with Crippen LogP contribution in [-0.4, -0.2) is 37.0 Å². The van der Waals surface area contributed by atoms with Crippen LogP contribution in [0, 0.1) is 16.7 Å².